The monoisotopic (exact) mass is 361 g/mol. The summed E-state index contributed by atoms with van der Waals surface area (Å²) in [6.07, 6.45) is -0.730. The average Bonchev–Trinajstić information content (AvgIpc) is 2.32. The van der Waals surface area contributed by atoms with Crippen molar-refractivity contribution in [1.29, 1.82) is 0 Å². The predicted octanol–water partition coefficient (Wildman–Crippen LogP) is -4.89. The Morgan fingerprint density at radius 3 is 2.17 bits per heavy atom. The predicted molar refractivity (Wildman–Crippen MR) is 72.1 cm³/mol. The quantitative estimate of drug-likeness (QED) is 0.416. The molecule has 1 rings (SSSR count). The summed E-state index contributed by atoms with van der Waals surface area (Å²) in [7, 11) is -5.12. The van der Waals surface area contributed by atoms with Gasteiger partial charge in [-0.2, -0.15) is 0 Å². The third kappa shape index (κ3) is 12.6. The summed E-state index contributed by atoms with van der Waals surface area (Å²) >= 11 is 0. The molecule has 0 aliphatic rings. The maximum absolute atomic E-state index is 11.8. The molecule has 1 atom stereocenters. The molecule has 118 valence electrons. The van der Waals surface area contributed by atoms with E-state index >= 15 is 0 Å². The van der Waals surface area contributed by atoms with Gasteiger partial charge >= 0.3 is 65.2 Å². The molecule has 0 aliphatic heterocycles. The number of carbonyl (C=O) groups excluding carboxylic acids is 1. The zero-order valence-electron chi connectivity index (χ0n) is 14.1. The van der Waals surface area contributed by atoms with E-state index in [-0.39, 0.29) is 59.1 Å². The van der Waals surface area contributed by atoms with E-state index in [2.05, 4.69) is 9.84 Å². The van der Waals surface area contributed by atoms with E-state index in [1.165, 1.54) is 0 Å². The Balaban J connectivity index is 0. The summed E-state index contributed by atoms with van der Waals surface area (Å²) in [5, 5.41) is 2.48. The van der Waals surface area contributed by atoms with Gasteiger partial charge in [-0.1, -0.05) is 30.3 Å². The molecule has 1 aromatic rings. The molecule has 0 aliphatic carbocycles. The standard InChI is InChI=1S/C13H20NO6P.2Na/c1-13(2,3)20-12(15)14-11(9-19-21(16,17)18)10-7-5-4-6-8-10;;/h4-8,11H,9H2,1-3H3,(H,14,15)(H2,16,17,18);;/q;2*+1/p-2/t11-;;/m0../s1. The summed E-state index contributed by atoms with van der Waals surface area (Å²) in [6, 6.07) is 7.73. The molecular weight excluding hydrogens is 343 g/mol. The van der Waals surface area contributed by atoms with Crippen molar-refractivity contribution in [1.82, 2.24) is 5.32 Å². The SMILES string of the molecule is CC(C)(C)OC(=O)N[C@@H](COP(=O)([O-])[O-])c1ccccc1.[Na+].[Na+]. The molecule has 1 N–H and O–H groups in total. The molecule has 0 unspecified atom stereocenters. The molecule has 1 amide bonds. The molecule has 10 heteroatoms. The van der Waals surface area contributed by atoms with Gasteiger partial charge < -0.3 is 28.9 Å². The molecule has 7 nitrogen and oxygen atoms in total. The van der Waals surface area contributed by atoms with Crippen LogP contribution in [-0.2, 0) is 13.8 Å². The molecule has 23 heavy (non-hydrogen) atoms. The van der Waals surface area contributed by atoms with Crippen LogP contribution in [0.3, 0.4) is 0 Å². The van der Waals surface area contributed by atoms with Gasteiger partial charge in [-0.15, -0.1) is 0 Å². The number of rotatable bonds is 5. The fourth-order valence-electron chi connectivity index (χ4n) is 1.52. The van der Waals surface area contributed by atoms with E-state index in [0.29, 0.717) is 5.56 Å². The van der Waals surface area contributed by atoms with Crippen molar-refractivity contribution in [3.05, 3.63) is 35.9 Å². The van der Waals surface area contributed by atoms with Gasteiger partial charge in [0.15, 0.2) is 0 Å². The van der Waals surface area contributed by atoms with E-state index < -0.39 is 32.2 Å². The number of ether oxygens (including phenoxy) is 1. The summed E-state index contributed by atoms with van der Waals surface area (Å²) in [5.74, 6) is 0. The van der Waals surface area contributed by atoms with Crippen molar-refractivity contribution in [2.24, 2.45) is 0 Å². The number of hydrogen-bond donors (Lipinski definition) is 1. The summed E-state index contributed by atoms with van der Waals surface area (Å²) in [6.45, 7) is 4.60. The number of nitrogens with one attached hydrogen (secondary N) is 1. The first kappa shape index (κ1) is 25.8. The van der Waals surface area contributed by atoms with Crippen LogP contribution in [0.5, 0.6) is 0 Å². The first-order chi connectivity index (χ1) is 9.57. The molecule has 0 saturated carbocycles. The fourth-order valence-corrected chi connectivity index (χ4v) is 1.85. The molecule has 0 bridgehead atoms. The Labute approximate surface area is 180 Å². The smallest absolute Gasteiger partial charge is 0.790 e. The normalized spacial score (nSPS) is 12.4. The van der Waals surface area contributed by atoms with Gasteiger partial charge in [-0.05, 0) is 26.3 Å². The molecule has 0 aromatic heterocycles. The van der Waals surface area contributed by atoms with E-state index in [1.807, 2.05) is 0 Å². The van der Waals surface area contributed by atoms with Crippen LogP contribution in [0, 0.1) is 0 Å². The number of amides is 1. The fraction of sp³-hybridized carbons (Fsp3) is 0.462. The van der Waals surface area contributed by atoms with Gasteiger partial charge in [0.1, 0.15) is 5.60 Å². The zero-order valence-corrected chi connectivity index (χ0v) is 19.0. The molecule has 1 aromatic carbocycles. The van der Waals surface area contributed by atoms with Crippen molar-refractivity contribution < 1.29 is 87.5 Å². The van der Waals surface area contributed by atoms with Gasteiger partial charge in [0.25, 0.3) is 0 Å². The van der Waals surface area contributed by atoms with Crippen LogP contribution in [0.4, 0.5) is 4.79 Å². The molecule has 0 heterocycles. The number of benzene rings is 1. The van der Waals surface area contributed by atoms with E-state index in [9.17, 15) is 19.1 Å². The van der Waals surface area contributed by atoms with Crippen LogP contribution in [-0.4, -0.2) is 18.3 Å². The Bertz CT molecular complexity index is 517. The van der Waals surface area contributed by atoms with Crippen molar-refractivity contribution >= 4 is 13.9 Å². The van der Waals surface area contributed by atoms with Crippen LogP contribution in [0.1, 0.15) is 32.4 Å². The van der Waals surface area contributed by atoms with Crippen LogP contribution < -0.4 is 74.2 Å². The van der Waals surface area contributed by atoms with E-state index in [0.717, 1.165) is 0 Å². The third-order valence-electron chi connectivity index (χ3n) is 2.29. The second kappa shape index (κ2) is 11.3. The maximum Gasteiger partial charge on any atom is 1.00 e. The van der Waals surface area contributed by atoms with Crippen molar-refractivity contribution in [3.8, 4) is 0 Å². The third-order valence-corrected chi connectivity index (χ3v) is 2.76. The molecule has 0 fully saturated rings. The zero-order chi connectivity index (χ0) is 16.1. The van der Waals surface area contributed by atoms with Gasteiger partial charge in [-0.3, -0.25) is 0 Å². The van der Waals surface area contributed by atoms with Gasteiger partial charge in [-0.25, -0.2) is 4.79 Å². The maximum atomic E-state index is 11.8. The minimum absolute atomic E-state index is 0. The molecule has 0 spiro atoms. The van der Waals surface area contributed by atoms with Crippen LogP contribution >= 0.6 is 7.82 Å². The van der Waals surface area contributed by atoms with Crippen LogP contribution in [0.15, 0.2) is 30.3 Å². The Morgan fingerprint density at radius 2 is 1.74 bits per heavy atom. The van der Waals surface area contributed by atoms with Crippen LogP contribution in [0.2, 0.25) is 0 Å². The molecule has 0 radical (unpaired) electrons. The number of carbonyl (C=O) groups is 1. The first-order valence-corrected chi connectivity index (χ1v) is 7.74. The second-order valence-electron chi connectivity index (χ2n) is 5.35. The van der Waals surface area contributed by atoms with Gasteiger partial charge in [0.05, 0.1) is 20.5 Å². The van der Waals surface area contributed by atoms with E-state index in [1.54, 1.807) is 51.1 Å². The largest absolute Gasteiger partial charge is 1.00 e. The second-order valence-corrected chi connectivity index (χ2v) is 6.51. The van der Waals surface area contributed by atoms with Crippen molar-refractivity contribution in [2.75, 3.05) is 6.61 Å². The average molecular weight is 361 g/mol. The summed E-state index contributed by atoms with van der Waals surface area (Å²) < 4.78 is 19.9. The van der Waals surface area contributed by atoms with Gasteiger partial charge in [0.2, 0.25) is 0 Å². The Kier molecular flexibility index (Phi) is 12.6. The minimum Gasteiger partial charge on any atom is -0.790 e. The minimum atomic E-state index is -5.12. The number of phosphoric acid groups is 1. The summed E-state index contributed by atoms with van der Waals surface area (Å²) in [4.78, 5) is 32.9. The Morgan fingerprint density at radius 1 is 1.22 bits per heavy atom. The number of phosphoric ester groups is 1. The van der Waals surface area contributed by atoms with E-state index in [4.69, 9.17) is 4.74 Å². The first-order valence-electron chi connectivity index (χ1n) is 6.28. The number of alkyl carbamates (subject to hydrolysis) is 1. The topological polar surface area (TPSA) is 111 Å². The number of hydrogen-bond acceptors (Lipinski definition) is 6. The van der Waals surface area contributed by atoms with Crippen molar-refractivity contribution in [3.63, 3.8) is 0 Å². The van der Waals surface area contributed by atoms with Crippen LogP contribution in [0.25, 0.3) is 0 Å². The summed E-state index contributed by atoms with van der Waals surface area (Å²) in [5.41, 5.74) is -0.102. The Hall–Kier alpha value is 0.600. The van der Waals surface area contributed by atoms with Crippen molar-refractivity contribution in [2.45, 2.75) is 32.4 Å². The molecule has 0 saturated heterocycles. The van der Waals surface area contributed by atoms with Gasteiger partial charge in [0, 0.05) is 0 Å². The molecular formula is C13H18NNa2O6P.